The van der Waals surface area contributed by atoms with Crippen molar-refractivity contribution in [3.63, 3.8) is 0 Å². The highest BCUT2D eigenvalue weighted by atomic mass is 35.5. The molecular weight excluding hydrogens is 174 g/mol. The number of carbonyl (C=O) groups excluding carboxylic acids is 1. The van der Waals surface area contributed by atoms with Gasteiger partial charge in [0.25, 0.3) is 5.91 Å². The van der Waals surface area contributed by atoms with Gasteiger partial charge in [0.2, 0.25) is 0 Å². The van der Waals surface area contributed by atoms with Gasteiger partial charge < -0.3 is 5.32 Å². The third-order valence-corrected chi connectivity index (χ3v) is 2.57. The largest absolute Gasteiger partial charge is 0.348 e. The van der Waals surface area contributed by atoms with Crippen LogP contribution in [0.4, 0.5) is 0 Å². The summed E-state index contributed by atoms with van der Waals surface area (Å²) in [4.78, 5) is 11.2. The number of hydrogen-bond acceptors (Lipinski definition) is 1. The quantitative estimate of drug-likeness (QED) is 0.651. The fourth-order valence-corrected chi connectivity index (χ4v) is 1.65. The molecule has 0 bridgehead atoms. The van der Waals surface area contributed by atoms with Gasteiger partial charge in [0.15, 0.2) is 0 Å². The third kappa shape index (κ3) is 0.916. The van der Waals surface area contributed by atoms with E-state index in [4.69, 9.17) is 11.6 Å². The van der Waals surface area contributed by atoms with E-state index < -0.39 is 0 Å². The van der Waals surface area contributed by atoms with Gasteiger partial charge in [-0.2, -0.15) is 0 Å². The number of rotatable bonds is 0. The maximum absolute atomic E-state index is 11.2. The van der Waals surface area contributed by atoms with Crippen molar-refractivity contribution in [3.05, 3.63) is 33.8 Å². The van der Waals surface area contributed by atoms with Gasteiger partial charge in [0.1, 0.15) is 0 Å². The van der Waals surface area contributed by atoms with Crippen molar-refractivity contribution in [2.45, 2.75) is 13.5 Å². The first-order valence-corrected chi connectivity index (χ1v) is 4.14. The topological polar surface area (TPSA) is 29.1 Å². The normalized spacial score (nSPS) is 14.3. The number of amides is 1. The Kier molecular flexibility index (Phi) is 1.58. The Labute approximate surface area is 75.5 Å². The van der Waals surface area contributed by atoms with Crippen LogP contribution in [0.25, 0.3) is 0 Å². The summed E-state index contributed by atoms with van der Waals surface area (Å²) in [6.07, 6.45) is 0. The lowest BCUT2D eigenvalue weighted by atomic mass is 10.1. The first-order valence-electron chi connectivity index (χ1n) is 3.76. The summed E-state index contributed by atoms with van der Waals surface area (Å²) in [5.41, 5.74) is 2.60. The SMILES string of the molecule is Cc1ccc2c(c1Cl)C(=O)NC2. The molecule has 1 aromatic carbocycles. The van der Waals surface area contributed by atoms with E-state index in [-0.39, 0.29) is 5.91 Å². The third-order valence-electron chi connectivity index (χ3n) is 2.09. The average molecular weight is 182 g/mol. The Morgan fingerprint density at radius 2 is 2.25 bits per heavy atom. The van der Waals surface area contributed by atoms with Crippen molar-refractivity contribution in [2.24, 2.45) is 0 Å². The summed E-state index contributed by atoms with van der Waals surface area (Å²) in [7, 11) is 0. The number of fused-ring (bicyclic) bond motifs is 1. The van der Waals surface area contributed by atoms with Gasteiger partial charge in [0, 0.05) is 6.54 Å². The van der Waals surface area contributed by atoms with Crippen molar-refractivity contribution in [1.82, 2.24) is 5.32 Å². The summed E-state index contributed by atoms with van der Waals surface area (Å²) < 4.78 is 0. The number of halogens is 1. The van der Waals surface area contributed by atoms with Crippen molar-refractivity contribution < 1.29 is 4.79 Å². The Morgan fingerprint density at radius 1 is 1.50 bits per heavy atom. The molecule has 0 unspecified atom stereocenters. The first kappa shape index (κ1) is 7.62. The Hall–Kier alpha value is -1.02. The second-order valence-electron chi connectivity index (χ2n) is 2.91. The van der Waals surface area contributed by atoms with Crippen LogP contribution in [-0.2, 0) is 6.54 Å². The molecule has 0 aliphatic carbocycles. The number of benzene rings is 1. The molecule has 1 aromatic rings. The fraction of sp³-hybridized carbons (Fsp3) is 0.222. The van der Waals surface area contributed by atoms with Crippen LogP contribution in [-0.4, -0.2) is 5.91 Å². The molecule has 1 aliphatic heterocycles. The average Bonchev–Trinajstić information content (AvgIpc) is 2.41. The molecule has 62 valence electrons. The number of nitrogens with one attached hydrogen (secondary N) is 1. The number of hydrogen-bond donors (Lipinski definition) is 1. The second-order valence-corrected chi connectivity index (χ2v) is 3.29. The highest BCUT2D eigenvalue weighted by Crippen LogP contribution is 2.27. The molecule has 1 heterocycles. The molecule has 0 atom stereocenters. The van der Waals surface area contributed by atoms with Crippen LogP contribution in [0.5, 0.6) is 0 Å². The van der Waals surface area contributed by atoms with E-state index in [1.165, 1.54) is 0 Å². The summed E-state index contributed by atoms with van der Waals surface area (Å²) in [5.74, 6) is -0.0568. The maximum Gasteiger partial charge on any atom is 0.253 e. The van der Waals surface area contributed by atoms with E-state index in [1.54, 1.807) is 0 Å². The smallest absolute Gasteiger partial charge is 0.253 e. The zero-order valence-electron chi connectivity index (χ0n) is 6.65. The minimum atomic E-state index is -0.0568. The molecule has 1 aliphatic rings. The van der Waals surface area contributed by atoms with Crippen LogP contribution in [0.2, 0.25) is 5.02 Å². The number of carbonyl (C=O) groups is 1. The minimum absolute atomic E-state index is 0.0568. The van der Waals surface area contributed by atoms with E-state index in [0.717, 1.165) is 11.1 Å². The predicted octanol–water partition coefficient (Wildman–Crippen LogP) is 1.89. The van der Waals surface area contributed by atoms with Gasteiger partial charge in [-0.15, -0.1) is 0 Å². The molecular formula is C9H8ClNO. The zero-order chi connectivity index (χ0) is 8.72. The summed E-state index contributed by atoms with van der Waals surface area (Å²) in [5, 5.41) is 3.32. The molecule has 0 aromatic heterocycles. The second kappa shape index (κ2) is 2.49. The molecule has 2 nitrogen and oxygen atoms in total. The van der Waals surface area contributed by atoms with E-state index in [2.05, 4.69) is 5.32 Å². The van der Waals surface area contributed by atoms with E-state index >= 15 is 0 Å². The van der Waals surface area contributed by atoms with Crippen LogP contribution >= 0.6 is 11.6 Å². The van der Waals surface area contributed by atoms with Crippen LogP contribution in [0, 0.1) is 6.92 Å². The molecule has 0 radical (unpaired) electrons. The minimum Gasteiger partial charge on any atom is -0.348 e. The van der Waals surface area contributed by atoms with Crippen molar-refractivity contribution in [1.29, 1.82) is 0 Å². The predicted molar refractivity (Wildman–Crippen MR) is 47.4 cm³/mol. The lowest BCUT2D eigenvalue weighted by Crippen LogP contribution is -2.12. The van der Waals surface area contributed by atoms with Crippen LogP contribution in [0.3, 0.4) is 0 Å². The zero-order valence-corrected chi connectivity index (χ0v) is 7.40. The van der Waals surface area contributed by atoms with Crippen molar-refractivity contribution in [2.75, 3.05) is 0 Å². The molecule has 12 heavy (non-hydrogen) atoms. The Balaban J connectivity index is 2.71. The molecule has 0 spiro atoms. The summed E-state index contributed by atoms with van der Waals surface area (Å²) >= 11 is 5.97. The van der Waals surface area contributed by atoms with Crippen molar-refractivity contribution in [3.8, 4) is 0 Å². The standard InChI is InChI=1S/C9H8ClNO/c1-5-2-3-6-4-11-9(12)7(6)8(5)10/h2-3H,4H2,1H3,(H,11,12). The van der Waals surface area contributed by atoms with E-state index in [9.17, 15) is 4.79 Å². The molecule has 3 heteroatoms. The maximum atomic E-state index is 11.2. The van der Waals surface area contributed by atoms with Gasteiger partial charge in [-0.1, -0.05) is 23.7 Å². The van der Waals surface area contributed by atoms with Crippen LogP contribution in [0.15, 0.2) is 12.1 Å². The van der Waals surface area contributed by atoms with Gasteiger partial charge in [-0.3, -0.25) is 4.79 Å². The van der Waals surface area contributed by atoms with Crippen LogP contribution < -0.4 is 5.32 Å². The summed E-state index contributed by atoms with van der Waals surface area (Å²) in [6.45, 7) is 2.50. The molecule has 1 N–H and O–H groups in total. The Bertz CT molecular complexity index is 360. The lowest BCUT2D eigenvalue weighted by molar-refractivity contribution is 0.0966. The molecule has 2 rings (SSSR count). The fourth-order valence-electron chi connectivity index (χ4n) is 1.38. The van der Waals surface area contributed by atoms with E-state index in [0.29, 0.717) is 17.1 Å². The molecule has 0 saturated heterocycles. The van der Waals surface area contributed by atoms with Gasteiger partial charge in [0.05, 0.1) is 10.6 Å². The van der Waals surface area contributed by atoms with Gasteiger partial charge in [-0.05, 0) is 18.1 Å². The monoisotopic (exact) mass is 181 g/mol. The number of aryl methyl sites for hydroxylation is 1. The van der Waals surface area contributed by atoms with Crippen LogP contribution in [0.1, 0.15) is 21.5 Å². The Morgan fingerprint density at radius 3 is 3.00 bits per heavy atom. The molecule has 1 amide bonds. The highest BCUT2D eigenvalue weighted by Gasteiger charge is 2.22. The molecule has 0 saturated carbocycles. The first-order chi connectivity index (χ1) is 5.70. The molecule has 0 fully saturated rings. The van der Waals surface area contributed by atoms with Gasteiger partial charge in [-0.25, -0.2) is 0 Å². The highest BCUT2D eigenvalue weighted by molar-refractivity contribution is 6.35. The van der Waals surface area contributed by atoms with E-state index in [1.807, 2.05) is 19.1 Å². The van der Waals surface area contributed by atoms with Crippen molar-refractivity contribution >= 4 is 17.5 Å². The summed E-state index contributed by atoms with van der Waals surface area (Å²) in [6, 6.07) is 3.87. The lowest BCUT2D eigenvalue weighted by Gasteiger charge is -2.01. The van der Waals surface area contributed by atoms with Gasteiger partial charge >= 0.3 is 0 Å².